The van der Waals surface area contributed by atoms with E-state index in [9.17, 15) is 0 Å². The number of nitrogens with zero attached hydrogens (tertiary/aromatic N) is 2. The van der Waals surface area contributed by atoms with E-state index in [0.29, 0.717) is 0 Å². The molecule has 0 saturated heterocycles. The van der Waals surface area contributed by atoms with Crippen molar-refractivity contribution in [3.8, 4) is 0 Å². The number of nitrogens with one attached hydrogen (secondary N) is 1. The van der Waals surface area contributed by atoms with Gasteiger partial charge < -0.3 is 5.32 Å². The van der Waals surface area contributed by atoms with Crippen molar-refractivity contribution >= 4 is 11.3 Å². The van der Waals surface area contributed by atoms with Gasteiger partial charge in [-0.1, -0.05) is 6.07 Å². The molecule has 0 radical (unpaired) electrons. The quantitative estimate of drug-likeness (QED) is 0.775. The van der Waals surface area contributed by atoms with Gasteiger partial charge in [0.05, 0.1) is 6.20 Å². The van der Waals surface area contributed by atoms with E-state index in [-0.39, 0.29) is 0 Å². The fraction of sp³-hybridized carbons (Fsp3) is 0.417. The molecule has 0 spiro atoms. The molecule has 2 heterocycles. The molecule has 16 heavy (non-hydrogen) atoms. The summed E-state index contributed by atoms with van der Waals surface area (Å²) in [5.41, 5.74) is 1.30. The largest absolute Gasteiger partial charge is 0.316 e. The second kappa shape index (κ2) is 5.82. The van der Waals surface area contributed by atoms with E-state index in [4.69, 9.17) is 0 Å². The molecule has 0 saturated carbocycles. The highest BCUT2D eigenvalue weighted by Gasteiger charge is 1.96. The summed E-state index contributed by atoms with van der Waals surface area (Å²) in [5, 5.41) is 9.73. The third-order valence-corrected chi connectivity index (χ3v) is 3.41. The van der Waals surface area contributed by atoms with Gasteiger partial charge in [-0.05, 0) is 42.9 Å². The van der Waals surface area contributed by atoms with Crippen molar-refractivity contribution in [3.05, 3.63) is 40.3 Å². The van der Waals surface area contributed by atoms with Gasteiger partial charge in [0.25, 0.3) is 0 Å². The Bertz CT molecular complexity index is 406. The minimum atomic E-state index is 1.02. The van der Waals surface area contributed by atoms with E-state index < -0.39 is 0 Å². The summed E-state index contributed by atoms with van der Waals surface area (Å²) < 4.78 is 1.85. The fourth-order valence-electron chi connectivity index (χ4n) is 1.63. The van der Waals surface area contributed by atoms with Gasteiger partial charge in [-0.3, -0.25) is 4.68 Å². The average molecular weight is 235 g/mol. The molecular weight excluding hydrogens is 218 g/mol. The summed E-state index contributed by atoms with van der Waals surface area (Å²) in [4.78, 5) is 1.45. The van der Waals surface area contributed by atoms with Gasteiger partial charge in [0.2, 0.25) is 0 Å². The molecule has 0 aromatic carbocycles. The lowest BCUT2D eigenvalue weighted by Crippen LogP contribution is -2.19. The van der Waals surface area contributed by atoms with Crippen LogP contribution in [-0.2, 0) is 19.9 Å². The predicted molar refractivity (Wildman–Crippen MR) is 67.8 cm³/mol. The first-order chi connectivity index (χ1) is 7.84. The zero-order valence-corrected chi connectivity index (χ0v) is 10.3. The van der Waals surface area contributed by atoms with Crippen LogP contribution >= 0.6 is 11.3 Å². The van der Waals surface area contributed by atoms with Crippen molar-refractivity contribution in [2.75, 3.05) is 13.1 Å². The molecule has 86 valence electrons. The van der Waals surface area contributed by atoms with Gasteiger partial charge in [-0.15, -0.1) is 11.3 Å². The Kier molecular flexibility index (Phi) is 4.13. The summed E-state index contributed by atoms with van der Waals surface area (Å²) in [6.45, 7) is 2.08. The molecule has 2 aromatic rings. The maximum Gasteiger partial charge on any atom is 0.0522 e. The highest BCUT2D eigenvalue weighted by atomic mass is 32.1. The second-order valence-corrected chi connectivity index (χ2v) is 4.88. The standard InChI is InChI=1S/C12H17N3S/c1-15-10-11(9-14-15)4-6-13-7-5-12-3-2-8-16-12/h2-3,8-10,13H,4-7H2,1H3. The monoisotopic (exact) mass is 235 g/mol. The van der Waals surface area contributed by atoms with Crippen molar-refractivity contribution in [2.45, 2.75) is 12.8 Å². The second-order valence-electron chi connectivity index (χ2n) is 3.85. The Morgan fingerprint density at radius 3 is 2.94 bits per heavy atom. The van der Waals surface area contributed by atoms with Crippen LogP contribution in [0.1, 0.15) is 10.4 Å². The van der Waals surface area contributed by atoms with Crippen LogP contribution in [0.5, 0.6) is 0 Å². The van der Waals surface area contributed by atoms with E-state index in [1.807, 2.05) is 29.3 Å². The maximum absolute atomic E-state index is 4.15. The van der Waals surface area contributed by atoms with Crippen molar-refractivity contribution in [1.82, 2.24) is 15.1 Å². The third kappa shape index (κ3) is 3.47. The van der Waals surface area contributed by atoms with Gasteiger partial charge in [0, 0.05) is 18.1 Å². The Labute approximate surface area is 100 Å². The first-order valence-electron chi connectivity index (χ1n) is 5.55. The summed E-state index contributed by atoms with van der Waals surface area (Å²) in [5.74, 6) is 0. The van der Waals surface area contributed by atoms with Crippen LogP contribution in [0.25, 0.3) is 0 Å². The smallest absolute Gasteiger partial charge is 0.0522 e. The zero-order valence-electron chi connectivity index (χ0n) is 9.52. The molecule has 0 aliphatic heterocycles. The Morgan fingerprint density at radius 2 is 2.25 bits per heavy atom. The maximum atomic E-state index is 4.15. The first-order valence-corrected chi connectivity index (χ1v) is 6.43. The molecule has 0 bridgehead atoms. The van der Waals surface area contributed by atoms with Crippen molar-refractivity contribution in [2.24, 2.45) is 7.05 Å². The fourth-order valence-corrected chi connectivity index (χ4v) is 2.33. The Morgan fingerprint density at radius 1 is 1.38 bits per heavy atom. The molecule has 0 atom stereocenters. The summed E-state index contributed by atoms with van der Waals surface area (Å²) in [6, 6.07) is 4.29. The van der Waals surface area contributed by atoms with Crippen LogP contribution in [0, 0.1) is 0 Å². The molecule has 2 rings (SSSR count). The van der Waals surface area contributed by atoms with Crippen molar-refractivity contribution in [3.63, 3.8) is 0 Å². The van der Waals surface area contributed by atoms with Crippen LogP contribution < -0.4 is 5.32 Å². The normalized spacial score (nSPS) is 10.8. The van der Waals surface area contributed by atoms with Gasteiger partial charge >= 0.3 is 0 Å². The number of hydrogen-bond donors (Lipinski definition) is 1. The van der Waals surface area contributed by atoms with E-state index in [2.05, 4.69) is 34.1 Å². The van der Waals surface area contributed by atoms with Crippen LogP contribution in [0.4, 0.5) is 0 Å². The number of hydrogen-bond acceptors (Lipinski definition) is 3. The minimum absolute atomic E-state index is 1.02. The molecular formula is C12H17N3S. The lowest BCUT2D eigenvalue weighted by molar-refractivity contribution is 0.684. The molecule has 0 fully saturated rings. The highest BCUT2D eigenvalue weighted by molar-refractivity contribution is 7.09. The van der Waals surface area contributed by atoms with Crippen LogP contribution in [0.2, 0.25) is 0 Å². The van der Waals surface area contributed by atoms with Gasteiger partial charge in [0.15, 0.2) is 0 Å². The van der Waals surface area contributed by atoms with Gasteiger partial charge in [-0.2, -0.15) is 5.10 Å². The van der Waals surface area contributed by atoms with Crippen LogP contribution in [-0.4, -0.2) is 22.9 Å². The average Bonchev–Trinajstić information content (AvgIpc) is 2.89. The summed E-state index contributed by atoms with van der Waals surface area (Å²) >= 11 is 1.83. The lowest BCUT2D eigenvalue weighted by atomic mass is 10.2. The van der Waals surface area contributed by atoms with E-state index >= 15 is 0 Å². The number of rotatable bonds is 6. The zero-order chi connectivity index (χ0) is 11.2. The topological polar surface area (TPSA) is 29.9 Å². The SMILES string of the molecule is Cn1cc(CCNCCc2cccs2)cn1. The van der Waals surface area contributed by atoms with Crippen molar-refractivity contribution in [1.29, 1.82) is 0 Å². The summed E-state index contributed by atoms with van der Waals surface area (Å²) in [6.07, 6.45) is 6.19. The molecule has 1 N–H and O–H groups in total. The molecule has 4 heteroatoms. The third-order valence-electron chi connectivity index (χ3n) is 2.48. The molecule has 0 aliphatic carbocycles. The first kappa shape index (κ1) is 11.4. The lowest BCUT2D eigenvalue weighted by Gasteiger charge is -2.01. The Balaban J connectivity index is 1.59. The molecule has 3 nitrogen and oxygen atoms in total. The predicted octanol–water partition coefficient (Wildman–Crippen LogP) is 1.86. The molecule has 2 aromatic heterocycles. The van der Waals surface area contributed by atoms with E-state index in [1.165, 1.54) is 10.4 Å². The molecule has 0 amide bonds. The number of aromatic nitrogens is 2. The van der Waals surface area contributed by atoms with E-state index in [0.717, 1.165) is 25.9 Å². The van der Waals surface area contributed by atoms with Crippen LogP contribution in [0.3, 0.4) is 0 Å². The molecule has 0 unspecified atom stereocenters. The summed E-state index contributed by atoms with van der Waals surface area (Å²) in [7, 11) is 1.95. The number of thiophene rings is 1. The van der Waals surface area contributed by atoms with E-state index in [1.54, 1.807) is 0 Å². The van der Waals surface area contributed by atoms with Gasteiger partial charge in [-0.25, -0.2) is 0 Å². The van der Waals surface area contributed by atoms with Crippen molar-refractivity contribution < 1.29 is 0 Å². The minimum Gasteiger partial charge on any atom is -0.316 e. The number of aryl methyl sites for hydroxylation is 1. The van der Waals surface area contributed by atoms with Crippen LogP contribution in [0.15, 0.2) is 29.9 Å². The highest BCUT2D eigenvalue weighted by Crippen LogP contribution is 2.08. The molecule has 0 aliphatic rings. The Hall–Kier alpha value is -1.13. The van der Waals surface area contributed by atoms with Gasteiger partial charge in [0.1, 0.15) is 0 Å².